The summed E-state index contributed by atoms with van der Waals surface area (Å²) in [6.45, 7) is 6.39. The average Bonchev–Trinajstić information content (AvgIpc) is 2.18. The molecule has 0 aliphatic rings. The first kappa shape index (κ1) is 11.3. The summed E-state index contributed by atoms with van der Waals surface area (Å²) < 4.78 is 0. The molecule has 1 atom stereocenters. The van der Waals surface area contributed by atoms with Gasteiger partial charge in [-0.3, -0.25) is 0 Å². The fourth-order valence-electron chi connectivity index (χ4n) is 1.50. The van der Waals surface area contributed by atoms with Crippen molar-refractivity contribution >= 4 is 0 Å². The van der Waals surface area contributed by atoms with Gasteiger partial charge in [0.2, 0.25) is 0 Å². The number of hydrogen-bond acceptors (Lipinski definition) is 1. The molecular formula is C13H20O. The molecule has 0 aliphatic carbocycles. The van der Waals surface area contributed by atoms with Crippen LogP contribution in [0.25, 0.3) is 0 Å². The molecule has 1 rings (SSSR count). The zero-order valence-corrected chi connectivity index (χ0v) is 9.33. The maximum Gasteiger partial charge on any atom is 0.0577 e. The molecule has 14 heavy (non-hydrogen) atoms. The Kier molecular flexibility index (Phi) is 4.15. The van der Waals surface area contributed by atoms with Crippen LogP contribution in [0.3, 0.4) is 0 Å². The van der Waals surface area contributed by atoms with Gasteiger partial charge >= 0.3 is 0 Å². The summed E-state index contributed by atoms with van der Waals surface area (Å²) in [5.41, 5.74) is 2.59. The van der Waals surface area contributed by atoms with E-state index in [2.05, 4.69) is 38.1 Å². The molecule has 1 heteroatoms. The summed E-state index contributed by atoms with van der Waals surface area (Å²) in [6, 6.07) is 8.51. The first-order valence-corrected chi connectivity index (χ1v) is 5.40. The minimum Gasteiger partial charge on any atom is -0.393 e. The zero-order chi connectivity index (χ0) is 10.6. The van der Waals surface area contributed by atoms with Crippen molar-refractivity contribution in [3.63, 3.8) is 0 Å². The van der Waals surface area contributed by atoms with Gasteiger partial charge in [0.05, 0.1) is 6.10 Å². The molecule has 0 radical (unpaired) electrons. The predicted octanol–water partition coefficient (Wildman–Crippen LogP) is 3.12. The third-order valence-corrected chi connectivity index (χ3v) is 2.56. The summed E-state index contributed by atoms with van der Waals surface area (Å²) in [6.07, 6.45) is 1.40. The lowest BCUT2D eigenvalue weighted by Crippen LogP contribution is -2.08. The van der Waals surface area contributed by atoms with E-state index in [0.717, 1.165) is 12.8 Å². The van der Waals surface area contributed by atoms with Crippen molar-refractivity contribution in [1.82, 2.24) is 0 Å². The van der Waals surface area contributed by atoms with Crippen LogP contribution in [-0.2, 0) is 6.42 Å². The highest BCUT2D eigenvalue weighted by Gasteiger charge is 2.04. The van der Waals surface area contributed by atoms with Gasteiger partial charge in [0.15, 0.2) is 0 Å². The Bertz CT molecular complexity index is 278. The molecule has 1 unspecified atom stereocenters. The van der Waals surface area contributed by atoms with Crippen molar-refractivity contribution in [3.05, 3.63) is 35.4 Å². The van der Waals surface area contributed by atoms with E-state index >= 15 is 0 Å². The second kappa shape index (κ2) is 5.16. The van der Waals surface area contributed by atoms with Gasteiger partial charge in [-0.2, -0.15) is 0 Å². The standard InChI is InChI=1S/C13H20O/c1-4-13(14)9-11-6-5-7-12(8-11)10(2)3/h5-8,10,13-14H,4,9H2,1-3H3. The number of benzene rings is 1. The molecule has 1 aromatic rings. The van der Waals surface area contributed by atoms with Crippen LogP contribution in [0.5, 0.6) is 0 Å². The number of rotatable bonds is 4. The number of aliphatic hydroxyl groups excluding tert-OH is 1. The topological polar surface area (TPSA) is 20.2 Å². The molecule has 0 fully saturated rings. The monoisotopic (exact) mass is 192 g/mol. The fraction of sp³-hybridized carbons (Fsp3) is 0.538. The lowest BCUT2D eigenvalue weighted by atomic mass is 9.98. The van der Waals surface area contributed by atoms with E-state index in [9.17, 15) is 5.11 Å². The minimum absolute atomic E-state index is 0.197. The Labute approximate surface area is 86.8 Å². The third-order valence-electron chi connectivity index (χ3n) is 2.56. The summed E-state index contributed by atoms with van der Waals surface area (Å²) in [5, 5.41) is 9.54. The molecule has 0 spiro atoms. The molecular weight excluding hydrogens is 172 g/mol. The van der Waals surface area contributed by atoms with Gasteiger partial charge in [-0.25, -0.2) is 0 Å². The lowest BCUT2D eigenvalue weighted by molar-refractivity contribution is 0.171. The Morgan fingerprint density at radius 2 is 2.00 bits per heavy atom. The van der Waals surface area contributed by atoms with Crippen LogP contribution in [-0.4, -0.2) is 11.2 Å². The Balaban J connectivity index is 2.73. The molecule has 1 aromatic carbocycles. The second-order valence-electron chi connectivity index (χ2n) is 4.17. The molecule has 0 heterocycles. The highest BCUT2D eigenvalue weighted by Crippen LogP contribution is 2.16. The minimum atomic E-state index is -0.197. The van der Waals surface area contributed by atoms with Gasteiger partial charge in [-0.1, -0.05) is 45.0 Å². The summed E-state index contributed by atoms with van der Waals surface area (Å²) in [7, 11) is 0. The SMILES string of the molecule is CCC(O)Cc1cccc(C(C)C)c1. The second-order valence-corrected chi connectivity index (χ2v) is 4.17. The van der Waals surface area contributed by atoms with Crippen LogP contribution in [0, 0.1) is 0 Å². The van der Waals surface area contributed by atoms with Gasteiger partial charge in [-0.15, -0.1) is 0 Å². The van der Waals surface area contributed by atoms with E-state index in [0.29, 0.717) is 5.92 Å². The van der Waals surface area contributed by atoms with E-state index in [1.165, 1.54) is 11.1 Å². The lowest BCUT2D eigenvalue weighted by Gasteiger charge is -2.10. The van der Waals surface area contributed by atoms with Gasteiger partial charge in [0.25, 0.3) is 0 Å². The zero-order valence-electron chi connectivity index (χ0n) is 9.33. The number of aliphatic hydroxyl groups is 1. The largest absolute Gasteiger partial charge is 0.393 e. The first-order valence-electron chi connectivity index (χ1n) is 5.40. The molecule has 0 saturated carbocycles. The quantitative estimate of drug-likeness (QED) is 0.777. The van der Waals surface area contributed by atoms with Gasteiger partial charge in [-0.05, 0) is 29.9 Å². The molecule has 0 aromatic heterocycles. The van der Waals surface area contributed by atoms with E-state index in [1.807, 2.05) is 6.92 Å². The van der Waals surface area contributed by atoms with Crippen LogP contribution in [0.2, 0.25) is 0 Å². The van der Waals surface area contributed by atoms with E-state index in [-0.39, 0.29) is 6.10 Å². The van der Waals surface area contributed by atoms with E-state index < -0.39 is 0 Å². The maximum atomic E-state index is 9.54. The van der Waals surface area contributed by atoms with Crippen LogP contribution >= 0.6 is 0 Å². The van der Waals surface area contributed by atoms with Gasteiger partial charge in [0.1, 0.15) is 0 Å². The molecule has 0 saturated heterocycles. The number of hydrogen-bond donors (Lipinski definition) is 1. The molecule has 1 nitrogen and oxygen atoms in total. The molecule has 0 bridgehead atoms. The molecule has 0 amide bonds. The Morgan fingerprint density at radius 3 is 2.57 bits per heavy atom. The van der Waals surface area contributed by atoms with Crippen molar-refractivity contribution in [2.75, 3.05) is 0 Å². The molecule has 1 N–H and O–H groups in total. The fourth-order valence-corrected chi connectivity index (χ4v) is 1.50. The summed E-state index contributed by atoms with van der Waals surface area (Å²) in [5.74, 6) is 0.564. The Hall–Kier alpha value is -0.820. The first-order chi connectivity index (χ1) is 6.63. The molecule has 0 aliphatic heterocycles. The van der Waals surface area contributed by atoms with Crippen LogP contribution in [0.15, 0.2) is 24.3 Å². The van der Waals surface area contributed by atoms with Crippen molar-refractivity contribution < 1.29 is 5.11 Å². The van der Waals surface area contributed by atoms with Crippen molar-refractivity contribution in [2.24, 2.45) is 0 Å². The van der Waals surface area contributed by atoms with Crippen LogP contribution in [0.4, 0.5) is 0 Å². The van der Waals surface area contributed by atoms with Gasteiger partial charge in [0, 0.05) is 0 Å². The highest BCUT2D eigenvalue weighted by molar-refractivity contribution is 5.26. The molecule has 78 valence electrons. The van der Waals surface area contributed by atoms with Gasteiger partial charge < -0.3 is 5.11 Å². The summed E-state index contributed by atoms with van der Waals surface area (Å²) in [4.78, 5) is 0. The smallest absolute Gasteiger partial charge is 0.0577 e. The summed E-state index contributed by atoms with van der Waals surface area (Å²) >= 11 is 0. The van der Waals surface area contributed by atoms with Crippen molar-refractivity contribution in [1.29, 1.82) is 0 Å². The van der Waals surface area contributed by atoms with Crippen molar-refractivity contribution in [2.45, 2.75) is 45.6 Å². The Morgan fingerprint density at radius 1 is 1.29 bits per heavy atom. The normalized spacial score (nSPS) is 13.2. The highest BCUT2D eigenvalue weighted by atomic mass is 16.3. The average molecular weight is 192 g/mol. The predicted molar refractivity (Wildman–Crippen MR) is 60.5 cm³/mol. The third kappa shape index (κ3) is 3.15. The van der Waals surface area contributed by atoms with Crippen LogP contribution < -0.4 is 0 Å². The van der Waals surface area contributed by atoms with E-state index in [4.69, 9.17) is 0 Å². The van der Waals surface area contributed by atoms with Crippen LogP contribution in [0.1, 0.15) is 44.2 Å². The van der Waals surface area contributed by atoms with Crippen molar-refractivity contribution in [3.8, 4) is 0 Å². The maximum absolute atomic E-state index is 9.54. The van der Waals surface area contributed by atoms with E-state index in [1.54, 1.807) is 0 Å².